The van der Waals surface area contributed by atoms with Crippen LogP contribution in [0.5, 0.6) is 0 Å². The first-order valence-electron chi connectivity index (χ1n) is 8.06. The van der Waals surface area contributed by atoms with Gasteiger partial charge in [-0.2, -0.15) is 0 Å². The summed E-state index contributed by atoms with van der Waals surface area (Å²) in [4.78, 5) is 11.6. The van der Waals surface area contributed by atoms with Crippen LogP contribution in [0.3, 0.4) is 0 Å². The third kappa shape index (κ3) is 11.8. The topological polar surface area (TPSA) is 66.0 Å². The van der Waals surface area contributed by atoms with Crippen LogP contribution >= 0.6 is 0 Å². The summed E-state index contributed by atoms with van der Waals surface area (Å²) in [5.74, 6) is -0.132. The van der Waals surface area contributed by atoms with Crippen LogP contribution in [0.2, 0.25) is 0 Å². The van der Waals surface area contributed by atoms with Crippen molar-refractivity contribution < 1.29 is 23.7 Å². The van der Waals surface area contributed by atoms with Crippen molar-refractivity contribution in [2.45, 2.75) is 0 Å². The van der Waals surface area contributed by atoms with Gasteiger partial charge in [0.2, 0.25) is 5.91 Å². The molecule has 24 heavy (non-hydrogen) atoms. The highest BCUT2D eigenvalue weighted by molar-refractivity contribution is 5.91. The standard InChI is InChI=1S/C18H27NO5/c1-21-11-12-23-15-16-24-14-13-22-10-9-19-18(20)8-7-17-5-3-2-4-6-17/h2-8H,9-16H2,1H3,(H,19,20). The maximum atomic E-state index is 11.6. The average Bonchev–Trinajstić information content (AvgIpc) is 2.62. The summed E-state index contributed by atoms with van der Waals surface area (Å²) in [7, 11) is 1.64. The van der Waals surface area contributed by atoms with Crippen LogP contribution in [0, 0.1) is 0 Å². The number of rotatable bonds is 14. The van der Waals surface area contributed by atoms with Crippen molar-refractivity contribution in [3.63, 3.8) is 0 Å². The molecule has 134 valence electrons. The van der Waals surface area contributed by atoms with Crippen molar-refractivity contribution in [1.29, 1.82) is 0 Å². The highest BCUT2D eigenvalue weighted by Gasteiger charge is 1.95. The van der Waals surface area contributed by atoms with E-state index in [2.05, 4.69) is 5.32 Å². The Morgan fingerprint density at radius 1 is 0.917 bits per heavy atom. The first kappa shape index (κ1) is 20.3. The Morgan fingerprint density at radius 2 is 1.50 bits per heavy atom. The number of amides is 1. The van der Waals surface area contributed by atoms with Gasteiger partial charge < -0.3 is 24.3 Å². The highest BCUT2D eigenvalue weighted by atomic mass is 16.6. The quantitative estimate of drug-likeness (QED) is 0.412. The van der Waals surface area contributed by atoms with Gasteiger partial charge >= 0.3 is 0 Å². The normalized spacial score (nSPS) is 11.0. The lowest BCUT2D eigenvalue weighted by atomic mass is 10.2. The van der Waals surface area contributed by atoms with Crippen molar-refractivity contribution in [1.82, 2.24) is 5.32 Å². The van der Waals surface area contributed by atoms with Gasteiger partial charge in [-0.3, -0.25) is 4.79 Å². The number of carbonyl (C=O) groups is 1. The lowest BCUT2D eigenvalue weighted by Crippen LogP contribution is -2.25. The molecule has 0 atom stereocenters. The van der Waals surface area contributed by atoms with Crippen molar-refractivity contribution in [3.05, 3.63) is 42.0 Å². The molecule has 0 unspecified atom stereocenters. The summed E-state index contributed by atoms with van der Waals surface area (Å²) < 4.78 is 20.8. The third-order valence-corrected chi connectivity index (χ3v) is 2.95. The van der Waals surface area contributed by atoms with Crippen LogP contribution in [0.15, 0.2) is 36.4 Å². The fraction of sp³-hybridized carbons (Fsp3) is 0.500. The van der Waals surface area contributed by atoms with E-state index < -0.39 is 0 Å². The van der Waals surface area contributed by atoms with E-state index in [9.17, 15) is 4.79 Å². The van der Waals surface area contributed by atoms with Gasteiger partial charge in [0.15, 0.2) is 0 Å². The molecule has 0 aliphatic rings. The summed E-state index contributed by atoms with van der Waals surface area (Å²) in [6, 6.07) is 9.68. The molecule has 1 amide bonds. The van der Waals surface area contributed by atoms with Crippen LogP contribution in [0.1, 0.15) is 5.56 Å². The summed E-state index contributed by atoms with van der Waals surface area (Å²) >= 11 is 0. The molecule has 1 aromatic carbocycles. The van der Waals surface area contributed by atoms with Crippen LogP contribution in [-0.2, 0) is 23.7 Å². The lowest BCUT2D eigenvalue weighted by molar-refractivity contribution is -0.116. The van der Waals surface area contributed by atoms with Gasteiger partial charge in [-0.1, -0.05) is 30.3 Å². The second-order valence-electron chi connectivity index (χ2n) is 4.86. The minimum absolute atomic E-state index is 0.132. The average molecular weight is 337 g/mol. The van der Waals surface area contributed by atoms with E-state index in [1.54, 1.807) is 13.2 Å². The molecule has 0 aliphatic carbocycles. The zero-order valence-electron chi connectivity index (χ0n) is 14.2. The van der Waals surface area contributed by atoms with Crippen LogP contribution in [0.25, 0.3) is 6.08 Å². The summed E-state index contributed by atoms with van der Waals surface area (Å²) in [5.41, 5.74) is 0.993. The molecule has 0 spiro atoms. The number of hydrogen-bond donors (Lipinski definition) is 1. The Balaban J connectivity index is 1.88. The minimum Gasteiger partial charge on any atom is -0.382 e. The third-order valence-electron chi connectivity index (χ3n) is 2.95. The molecule has 0 saturated heterocycles. The SMILES string of the molecule is COCCOCCOCCOCCNC(=O)C=Cc1ccccc1. The summed E-state index contributed by atoms with van der Waals surface area (Å²) in [6.45, 7) is 4.19. The molecule has 0 heterocycles. The Morgan fingerprint density at radius 3 is 2.12 bits per heavy atom. The number of hydrogen-bond acceptors (Lipinski definition) is 5. The predicted molar refractivity (Wildman–Crippen MR) is 92.8 cm³/mol. The van der Waals surface area contributed by atoms with E-state index >= 15 is 0 Å². The molecule has 6 nitrogen and oxygen atoms in total. The molecule has 0 fully saturated rings. The second-order valence-corrected chi connectivity index (χ2v) is 4.86. The minimum atomic E-state index is -0.132. The van der Waals surface area contributed by atoms with E-state index in [1.165, 1.54) is 6.08 Å². The molecule has 1 rings (SSSR count). The van der Waals surface area contributed by atoms with Gasteiger partial charge in [0.05, 0.1) is 46.2 Å². The van der Waals surface area contributed by atoms with Crippen LogP contribution in [0.4, 0.5) is 0 Å². The Kier molecular flexibility index (Phi) is 12.6. The van der Waals surface area contributed by atoms with E-state index in [0.29, 0.717) is 52.8 Å². The fourth-order valence-electron chi connectivity index (χ4n) is 1.73. The van der Waals surface area contributed by atoms with Crippen LogP contribution in [-0.4, -0.2) is 65.8 Å². The number of ether oxygens (including phenoxy) is 4. The summed E-state index contributed by atoms with van der Waals surface area (Å²) in [5, 5.41) is 2.76. The molecule has 1 aromatic rings. The molecule has 0 aliphatic heterocycles. The molecular weight excluding hydrogens is 310 g/mol. The largest absolute Gasteiger partial charge is 0.382 e. The Labute approximate surface area is 143 Å². The van der Waals surface area contributed by atoms with Gasteiger partial charge in [-0.05, 0) is 11.6 Å². The Bertz CT molecular complexity index is 450. The molecule has 1 N–H and O–H groups in total. The van der Waals surface area contributed by atoms with Gasteiger partial charge in [0.25, 0.3) is 0 Å². The molecule has 0 aromatic heterocycles. The van der Waals surface area contributed by atoms with Crippen molar-refractivity contribution >= 4 is 12.0 Å². The van der Waals surface area contributed by atoms with E-state index in [0.717, 1.165) is 5.56 Å². The maximum Gasteiger partial charge on any atom is 0.244 e. The van der Waals surface area contributed by atoms with Gasteiger partial charge in [0, 0.05) is 19.7 Å². The molecule has 0 radical (unpaired) electrons. The van der Waals surface area contributed by atoms with Crippen molar-refractivity contribution in [2.24, 2.45) is 0 Å². The van der Waals surface area contributed by atoms with Gasteiger partial charge in [0.1, 0.15) is 0 Å². The number of carbonyl (C=O) groups excluding carboxylic acids is 1. The van der Waals surface area contributed by atoms with E-state index in [-0.39, 0.29) is 5.91 Å². The second kappa shape index (κ2) is 14.8. The van der Waals surface area contributed by atoms with Crippen LogP contribution < -0.4 is 5.32 Å². The van der Waals surface area contributed by atoms with E-state index in [1.807, 2.05) is 30.3 Å². The molecule has 0 saturated carbocycles. The van der Waals surface area contributed by atoms with E-state index in [4.69, 9.17) is 18.9 Å². The maximum absolute atomic E-state index is 11.6. The highest BCUT2D eigenvalue weighted by Crippen LogP contribution is 2.00. The first-order valence-corrected chi connectivity index (χ1v) is 8.06. The van der Waals surface area contributed by atoms with Gasteiger partial charge in [-0.15, -0.1) is 0 Å². The zero-order valence-corrected chi connectivity index (χ0v) is 14.2. The van der Waals surface area contributed by atoms with Gasteiger partial charge in [-0.25, -0.2) is 0 Å². The van der Waals surface area contributed by atoms with Crippen molar-refractivity contribution in [3.8, 4) is 0 Å². The fourth-order valence-corrected chi connectivity index (χ4v) is 1.73. The monoisotopic (exact) mass is 337 g/mol. The predicted octanol–water partition coefficient (Wildman–Crippen LogP) is 1.51. The smallest absolute Gasteiger partial charge is 0.244 e. The summed E-state index contributed by atoms with van der Waals surface area (Å²) in [6.07, 6.45) is 3.29. The molecular formula is C18H27NO5. The number of nitrogens with one attached hydrogen (secondary N) is 1. The number of methoxy groups -OCH3 is 1. The molecule has 0 bridgehead atoms. The number of benzene rings is 1. The zero-order chi connectivity index (χ0) is 17.3. The Hall–Kier alpha value is -1.73. The first-order chi connectivity index (χ1) is 11.8. The lowest BCUT2D eigenvalue weighted by Gasteiger charge is -2.07. The van der Waals surface area contributed by atoms with Crippen molar-refractivity contribution in [2.75, 3.05) is 59.9 Å². The molecule has 6 heteroatoms.